The highest BCUT2D eigenvalue weighted by atomic mass is 19.2. The third-order valence-corrected chi connectivity index (χ3v) is 3.41. The lowest BCUT2D eigenvalue weighted by atomic mass is 10.1. The fourth-order valence-electron chi connectivity index (χ4n) is 2.33. The molecule has 3 rings (SSSR count). The predicted molar refractivity (Wildman–Crippen MR) is 95.9 cm³/mol. The number of hydrogen-bond acceptors (Lipinski definition) is 4. The van der Waals surface area contributed by atoms with Crippen molar-refractivity contribution in [3.8, 4) is 11.3 Å². The summed E-state index contributed by atoms with van der Waals surface area (Å²) in [6, 6.07) is 15.3. The van der Waals surface area contributed by atoms with Crippen LogP contribution in [0.4, 0.5) is 26.2 Å². The Labute approximate surface area is 145 Å². The molecule has 4 nitrogen and oxygen atoms in total. The molecule has 0 saturated carbocycles. The Morgan fingerprint density at radius 1 is 0.880 bits per heavy atom. The standard InChI is InChI=1S/C19H18F2N4/c1-12(2)22-18-11-17(13-6-4-3-5-7-13)24-19(25-18)23-14-8-9-15(20)16(21)10-14/h3-12H,1-2H3,(H2,22,23,24,25). The van der Waals surface area contributed by atoms with E-state index >= 15 is 0 Å². The third kappa shape index (κ3) is 4.29. The smallest absolute Gasteiger partial charge is 0.229 e. The van der Waals surface area contributed by atoms with Crippen LogP contribution >= 0.6 is 0 Å². The number of nitrogens with zero attached hydrogens (tertiary/aromatic N) is 2. The van der Waals surface area contributed by atoms with Gasteiger partial charge in [-0.25, -0.2) is 13.8 Å². The molecule has 0 fully saturated rings. The number of anilines is 3. The predicted octanol–water partition coefficient (Wildman–Crippen LogP) is 4.99. The Morgan fingerprint density at radius 3 is 2.32 bits per heavy atom. The molecule has 0 atom stereocenters. The summed E-state index contributed by atoms with van der Waals surface area (Å²) in [4.78, 5) is 8.88. The molecule has 0 spiro atoms. The molecule has 0 aliphatic rings. The number of benzene rings is 2. The molecule has 0 radical (unpaired) electrons. The summed E-state index contributed by atoms with van der Waals surface area (Å²) in [5.74, 6) is -0.874. The molecule has 0 aliphatic heterocycles. The zero-order valence-electron chi connectivity index (χ0n) is 13.9. The van der Waals surface area contributed by atoms with Crippen molar-refractivity contribution in [2.45, 2.75) is 19.9 Å². The van der Waals surface area contributed by atoms with E-state index in [4.69, 9.17) is 0 Å². The zero-order chi connectivity index (χ0) is 17.8. The van der Waals surface area contributed by atoms with Gasteiger partial charge in [-0.2, -0.15) is 4.98 Å². The van der Waals surface area contributed by atoms with E-state index in [9.17, 15) is 8.78 Å². The molecule has 1 heterocycles. The first kappa shape index (κ1) is 16.8. The summed E-state index contributed by atoms with van der Waals surface area (Å²) in [6.07, 6.45) is 0. The first-order valence-electron chi connectivity index (χ1n) is 7.94. The van der Waals surface area contributed by atoms with Gasteiger partial charge >= 0.3 is 0 Å². The topological polar surface area (TPSA) is 49.8 Å². The fourth-order valence-corrected chi connectivity index (χ4v) is 2.33. The monoisotopic (exact) mass is 340 g/mol. The highest BCUT2D eigenvalue weighted by molar-refractivity contribution is 5.66. The summed E-state index contributed by atoms with van der Waals surface area (Å²) >= 11 is 0. The maximum Gasteiger partial charge on any atom is 0.229 e. The molecule has 2 aromatic carbocycles. The minimum atomic E-state index is -0.926. The van der Waals surface area contributed by atoms with Gasteiger partial charge in [0.25, 0.3) is 0 Å². The Bertz CT molecular complexity index is 867. The summed E-state index contributed by atoms with van der Waals surface area (Å²) in [7, 11) is 0. The van der Waals surface area contributed by atoms with Gasteiger partial charge in [0.1, 0.15) is 5.82 Å². The summed E-state index contributed by atoms with van der Waals surface area (Å²) in [5, 5.41) is 6.16. The molecule has 25 heavy (non-hydrogen) atoms. The molecular weight excluding hydrogens is 322 g/mol. The molecule has 3 aromatic rings. The number of rotatable bonds is 5. The lowest BCUT2D eigenvalue weighted by molar-refractivity contribution is 0.509. The zero-order valence-corrected chi connectivity index (χ0v) is 13.9. The van der Waals surface area contributed by atoms with Crippen LogP contribution in [0.25, 0.3) is 11.3 Å². The lowest BCUT2D eigenvalue weighted by Gasteiger charge is -2.13. The molecule has 0 saturated heterocycles. The quantitative estimate of drug-likeness (QED) is 0.687. The second kappa shape index (κ2) is 7.25. The first-order chi connectivity index (χ1) is 12.0. The van der Waals surface area contributed by atoms with Gasteiger partial charge < -0.3 is 10.6 Å². The van der Waals surface area contributed by atoms with Crippen LogP contribution in [-0.4, -0.2) is 16.0 Å². The maximum absolute atomic E-state index is 13.4. The summed E-state index contributed by atoms with van der Waals surface area (Å²) in [6.45, 7) is 4.01. The van der Waals surface area contributed by atoms with Gasteiger partial charge in [0.15, 0.2) is 11.6 Å². The first-order valence-corrected chi connectivity index (χ1v) is 7.94. The highest BCUT2D eigenvalue weighted by Gasteiger charge is 2.09. The van der Waals surface area contributed by atoms with E-state index in [-0.39, 0.29) is 6.04 Å². The SMILES string of the molecule is CC(C)Nc1cc(-c2ccccc2)nc(Nc2ccc(F)c(F)c2)n1. The van der Waals surface area contributed by atoms with Crippen LogP contribution < -0.4 is 10.6 Å². The van der Waals surface area contributed by atoms with Gasteiger partial charge in [0, 0.05) is 29.4 Å². The normalized spacial score (nSPS) is 10.8. The number of nitrogens with one attached hydrogen (secondary N) is 2. The van der Waals surface area contributed by atoms with Crippen LogP contribution in [0.2, 0.25) is 0 Å². The molecular formula is C19H18F2N4. The Balaban J connectivity index is 1.98. The second-order valence-electron chi connectivity index (χ2n) is 5.88. The van der Waals surface area contributed by atoms with Crippen LogP contribution in [0.15, 0.2) is 54.6 Å². The molecule has 0 unspecified atom stereocenters. The van der Waals surface area contributed by atoms with Crippen LogP contribution in [0.3, 0.4) is 0 Å². The van der Waals surface area contributed by atoms with E-state index in [0.29, 0.717) is 17.5 Å². The van der Waals surface area contributed by atoms with Gasteiger partial charge in [-0.3, -0.25) is 0 Å². The molecule has 0 bridgehead atoms. The number of halogens is 2. The number of aromatic nitrogens is 2. The van der Waals surface area contributed by atoms with Crippen molar-refractivity contribution < 1.29 is 8.78 Å². The van der Waals surface area contributed by atoms with Gasteiger partial charge in [0.2, 0.25) is 5.95 Å². The lowest BCUT2D eigenvalue weighted by Crippen LogP contribution is -2.12. The van der Waals surface area contributed by atoms with Gasteiger partial charge in [-0.1, -0.05) is 30.3 Å². The van der Waals surface area contributed by atoms with E-state index < -0.39 is 11.6 Å². The van der Waals surface area contributed by atoms with Crippen molar-refractivity contribution in [3.05, 3.63) is 66.2 Å². The fraction of sp³-hybridized carbons (Fsp3) is 0.158. The Kier molecular flexibility index (Phi) is 4.88. The van der Waals surface area contributed by atoms with Crippen LogP contribution in [0.5, 0.6) is 0 Å². The van der Waals surface area contributed by atoms with Crippen molar-refractivity contribution in [1.29, 1.82) is 0 Å². The minimum Gasteiger partial charge on any atom is -0.368 e. The van der Waals surface area contributed by atoms with Gasteiger partial charge in [-0.05, 0) is 26.0 Å². The van der Waals surface area contributed by atoms with Crippen LogP contribution in [-0.2, 0) is 0 Å². The van der Waals surface area contributed by atoms with Gasteiger partial charge in [-0.15, -0.1) is 0 Å². The average molecular weight is 340 g/mol. The molecule has 1 aromatic heterocycles. The molecule has 6 heteroatoms. The van der Waals surface area contributed by atoms with E-state index in [1.165, 1.54) is 6.07 Å². The average Bonchev–Trinajstić information content (AvgIpc) is 2.58. The number of hydrogen-bond donors (Lipinski definition) is 2. The van der Waals surface area contributed by atoms with E-state index in [1.54, 1.807) is 0 Å². The van der Waals surface area contributed by atoms with Crippen molar-refractivity contribution in [1.82, 2.24) is 9.97 Å². The van der Waals surface area contributed by atoms with Crippen molar-refractivity contribution >= 4 is 17.5 Å². The molecule has 0 aliphatic carbocycles. The third-order valence-electron chi connectivity index (χ3n) is 3.41. The molecule has 128 valence electrons. The van der Waals surface area contributed by atoms with Crippen molar-refractivity contribution in [2.75, 3.05) is 10.6 Å². The largest absolute Gasteiger partial charge is 0.368 e. The maximum atomic E-state index is 13.4. The summed E-state index contributed by atoms with van der Waals surface area (Å²) in [5.41, 5.74) is 2.04. The summed E-state index contributed by atoms with van der Waals surface area (Å²) < 4.78 is 26.5. The van der Waals surface area contributed by atoms with E-state index in [0.717, 1.165) is 23.4 Å². The van der Waals surface area contributed by atoms with Crippen LogP contribution in [0, 0.1) is 11.6 Å². The Morgan fingerprint density at radius 2 is 1.64 bits per heavy atom. The van der Waals surface area contributed by atoms with Crippen molar-refractivity contribution in [2.24, 2.45) is 0 Å². The van der Waals surface area contributed by atoms with Crippen molar-refractivity contribution in [3.63, 3.8) is 0 Å². The molecule has 2 N–H and O–H groups in total. The van der Waals surface area contributed by atoms with E-state index in [2.05, 4.69) is 20.6 Å². The second-order valence-corrected chi connectivity index (χ2v) is 5.88. The highest BCUT2D eigenvalue weighted by Crippen LogP contribution is 2.24. The van der Waals surface area contributed by atoms with Crippen LogP contribution in [0.1, 0.15) is 13.8 Å². The molecule has 0 amide bonds. The minimum absolute atomic E-state index is 0.189. The van der Waals surface area contributed by atoms with E-state index in [1.807, 2.05) is 50.2 Å². The Hall–Kier alpha value is -3.02. The van der Waals surface area contributed by atoms with Gasteiger partial charge in [0.05, 0.1) is 5.69 Å².